The lowest BCUT2D eigenvalue weighted by molar-refractivity contribution is -0.141. The van der Waals surface area contributed by atoms with Gasteiger partial charge in [-0.05, 0) is 48.8 Å². The number of ether oxygens (including phenoxy) is 2. The number of cyclic esters (lactones) is 1. The van der Waals surface area contributed by atoms with Crippen molar-refractivity contribution in [3.05, 3.63) is 24.3 Å². The van der Waals surface area contributed by atoms with E-state index in [4.69, 9.17) is 21.7 Å². The van der Waals surface area contributed by atoms with Gasteiger partial charge in [-0.1, -0.05) is 13.8 Å². The third-order valence-electron chi connectivity index (χ3n) is 3.93. The Morgan fingerprint density at radius 2 is 2.04 bits per heavy atom. The maximum absolute atomic E-state index is 12.6. The van der Waals surface area contributed by atoms with Crippen molar-refractivity contribution in [3.63, 3.8) is 0 Å². The van der Waals surface area contributed by atoms with Gasteiger partial charge >= 0.3 is 5.97 Å². The second-order valence-electron chi connectivity index (χ2n) is 6.53. The highest BCUT2D eigenvalue weighted by Gasteiger charge is 2.31. The number of carbonyl (C=O) groups is 2. The molecule has 1 amide bonds. The molecule has 2 rings (SSSR count). The number of methoxy groups -OCH3 is 1. The van der Waals surface area contributed by atoms with Crippen LogP contribution in [0.4, 0.5) is 5.69 Å². The number of anilines is 1. The summed E-state index contributed by atoms with van der Waals surface area (Å²) >= 11 is 5.33. The molecule has 0 bridgehead atoms. The van der Waals surface area contributed by atoms with Gasteiger partial charge in [0.1, 0.15) is 17.8 Å². The number of benzene rings is 1. The van der Waals surface area contributed by atoms with Crippen LogP contribution in [0.3, 0.4) is 0 Å². The summed E-state index contributed by atoms with van der Waals surface area (Å²) in [4.78, 5) is 24.1. The van der Waals surface area contributed by atoms with Crippen molar-refractivity contribution in [2.45, 2.75) is 38.8 Å². The first-order valence-electron chi connectivity index (χ1n) is 8.57. The highest BCUT2D eigenvalue weighted by atomic mass is 32.1. The van der Waals surface area contributed by atoms with Crippen LogP contribution in [-0.4, -0.2) is 42.8 Å². The predicted octanol–water partition coefficient (Wildman–Crippen LogP) is 1.83. The van der Waals surface area contributed by atoms with E-state index < -0.39 is 12.1 Å². The van der Waals surface area contributed by atoms with E-state index in [1.165, 1.54) is 0 Å². The molecule has 0 radical (unpaired) electrons. The third kappa shape index (κ3) is 5.87. The zero-order valence-electron chi connectivity index (χ0n) is 15.2. The number of rotatable bonds is 7. The molecule has 0 spiro atoms. The number of hydrogen-bond acceptors (Lipinski definition) is 5. The molecule has 2 atom stereocenters. The summed E-state index contributed by atoms with van der Waals surface area (Å²) in [5.74, 6) is 0.370. The fourth-order valence-corrected chi connectivity index (χ4v) is 2.86. The normalized spacial score (nSPS) is 17.4. The van der Waals surface area contributed by atoms with Gasteiger partial charge in [0.2, 0.25) is 5.91 Å². The summed E-state index contributed by atoms with van der Waals surface area (Å²) < 4.78 is 10.0. The van der Waals surface area contributed by atoms with Gasteiger partial charge in [0.05, 0.1) is 13.7 Å². The Bertz CT molecular complexity index is 648. The zero-order chi connectivity index (χ0) is 19.1. The SMILES string of the molecule is COc1ccc(NC(=S)N[C@@H](CC(C)C)C(=O)N[C@H]2CCOC2=O)cc1. The largest absolute Gasteiger partial charge is 0.497 e. The lowest BCUT2D eigenvalue weighted by Crippen LogP contribution is -2.52. The van der Waals surface area contributed by atoms with Crippen LogP contribution in [0.2, 0.25) is 0 Å². The summed E-state index contributed by atoms with van der Waals surface area (Å²) in [6.07, 6.45) is 1.07. The molecule has 8 heteroatoms. The molecular formula is C18H25N3O4S. The van der Waals surface area contributed by atoms with E-state index >= 15 is 0 Å². The van der Waals surface area contributed by atoms with Crippen LogP contribution in [0, 0.1) is 5.92 Å². The zero-order valence-corrected chi connectivity index (χ0v) is 16.0. The van der Waals surface area contributed by atoms with Gasteiger partial charge in [-0.25, -0.2) is 4.79 Å². The summed E-state index contributed by atoms with van der Waals surface area (Å²) in [6.45, 7) is 4.38. The third-order valence-corrected chi connectivity index (χ3v) is 4.15. The predicted molar refractivity (Wildman–Crippen MR) is 103 cm³/mol. The summed E-state index contributed by atoms with van der Waals surface area (Å²) in [7, 11) is 1.60. The molecular weight excluding hydrogens is 354 g/mol. The van der Waals surface area contributed by atoms with Gasteiger partial charge in [0, 0.05) is 12.1 Å². The van der Waals surface area contributed by atoms with Crippen molar-refractivity contribution in [1.82, 2.24) is 10.6 Å². The van der Waals surface area contributed by atoms with Crippen LogP contribution in [0.15, 0.2) is 24.3 Å². The topological polar surface area (TPSA) is 88.7 Å². The molecule has 0 aliphatic carbocycles. The molecule has 26 heavy (non-hydrogen) atoms. The maximum atomic E-state index is 12.6. The number of hydrogen-bond donors (Lipinski definition) is 3. The van der Waals surface area contributed by atoms with E-state index in [2.05, 4.69) is 16.0 Å². The number of nitrogens with one attached hydrogen (secondary N) is 3. The van der Waals surface area contributed by atoms with Gasteiger partial charge in [-0.2, -0.15) is 0 Å². The lowest BCUT2D eigenvalue weighted by atomic mass is 10.0. The molecule has 1 heterocycles. The van der Waals surface area contributed by atoms with Crippen molar-refractivity contribution in [3.8, 4) is 5.75 Å². The first-order valence-corrected chi connectivity index (χ1v) is 8.98. The van der Waals surface area contributed by atoms with E-state index in [1.807, 2.05) is 38.1 Å². The smallest absolute Gasteiger partial charge is 0.328 e. The van der Waals surface area contributed by atoms with Crippen LogP contribution in [-0.2, 0) is 14.3 Å². The van der Waals surface area contributed by atoms with E-state index in [-0.39, 0.29) is 17.8 Å². The Balaban J connectivity index is 1.95. The van der Waals surface area contributed by atoms with E-state index in [0.29, 0.717) is 24.6 Å². The summed E-state index contributed by atoms with van der Waals surface area (Å²) in [6, 6.07) is 6.17. The van der Waals surface area contributed by atoms with E-state index in [0.717, 1.165) is 11.4 Å². The molecule has 142 valence electrons. The van der Waals surface area contributed by atoms with Gasteiger partial charge < -0.3 is 25.4 Å². The van der Waals surface area contributed by atoms with Crippen molar-refractivity contribution in [1.29, 1.82) is 0 Å². The highest BCUT2D eigenvalue weighted by Crippen LogP contribution is 2.15. The monoisotopic (exact) mass is 379 g/mol. The van der Waals surface area contributed by atoms with Crippen LogP contribution in [0.1, 0.15) is 26.7 Å². The van der Waals surface area contributed by atoms with Crippen molar-refractivity contribution in [2.75, 3.05) is 19.0 Å². The second kappa shape index (κ2) is 9.38. The maximum Gasteiger partial charge on any atom is 0.328 e. The summed E-state index contributed by atoms with van der Waals surface area (Å²) in [5, 5.41) is 9.16. The van der Waals surface area contributed by atoms with Gasteiger partial charge in [0.15, 0.2) is 5.11 Å². The molecule has 1 fully saturated rings. The molecule has 1 aromatic rings. The average Bonchev–Trinajstić information content (AvgIpc) is 2.99. The second-order valence-corrected chi connectivity index (χ2v) is 6.93. The fraction of sp³-hybridized carbons (Fsp3) is 0.500. The Morgan fingerprint density at radius 1 is 1.35 bits per heavy atom. The molecule has 0 unspecified atom stereocenters. The van der Waals surface area contributed by atoms with Crippen molar-refractivity contribution < 1.29 is 19.1 Å². The first kappa shape index (κ1) is 20.0. The molecule has 1 aliphatic heterocycles. The molecule has 1 aliphatic rings. The Kier molecular flexibility index (Phi) is 7.20. The standard InChI is InChI=1S/C18H25N3O4S/c1-11(2)10-15(16(22)20-14-8-9-25-17(14)23)21-18(26)19-12-4-6-13(24-3)7-5-12/h4-7,11,14-15H,8-10H2,1-3H3,(H,20,22)(H2,19,21,26)/t14-,15-/m0/s1. The summed E-state index contributed by atoms with van der Waals surface area (Å²) in [5.41, 5.74) is 0.784. The van der Waals surface area contributed by atoms with Gasteiger partial charge in [-0.3, -0.25) is 4.79 Å². The van der Waals surface area contributed by atoms with Crippen LogP contribution >= 0.6 is 12.2 Å². The number of esters is 1. The van der Waals surface area contributed by atoms with Crippen molar-refractivity contribution in [2.24, 2.45) is 5.92 Å². The van der Waals surface area contributed by atoms with Crippen molar-refractivity contribution >= 4 is 34.9 Å². The Hall–Kier alpha value is -2.35. The molecule has 1 saturated heterocycles. The van der Waals surface area contributed by atoms with E-state index in [1.54, 1.807) is 7.11 Å². The highest BCUT2D eigenvalue weighted by molar-refractivity contribution is 7.80. The van der Waals surface area contributed by atoms with Gasteiger partial charge in [0.25, 0.3) is 0 Å². The van der Waals surface area contributed by atoms with Crippen LogP contribution in [0.5, 0.6) is 5.75 Å². The van der Waals surface area contributed by atoms with Crippen LogP contribution in [0.25, 0.3) is 0 Å². The minimum absolute atomic E-state index is 0.263. The fourth-order valence-electron chi connectivity index (χ4n) is 2.60. The molecule has 3 N–H and O–H groups in total. The molecule has 0 aromatic heterocycles. The number of amides is 1. The Morgan fingerprint density at radius 3 is 2.58 bits per heavy atom. The minimum Gasteiger partial charge on any atom is -0.497 e. The number of carbonyl (C=O) groups excluding carboxylic acids is 2. The average molecular weight is 379 g/mol. The lowest BCUT2D eigenvalue weighted by Gasteiger charge is -2.23. The minimum atomic E-state index is -0.581. The Labute approximate surface area is 158 Å². The van der Waals surface area contributed by atoms with Crippen LogP contribution < -0.4 is 20.7 Å². The molecule has 1 aromatic carbocycles. The first-order chi connectivity index (χ1) is 12.4. The number of thiocarbonyl (C=S) groups is 1. The molecule has 0 saturated carbocycles. The van der Waals surface area contributed by atoms with E-state index in [9.17, 15) is 9.59 Å². The molecule has 7 nitrogen and oxygen atoms in total. The quantitative estimate of drug-likeness (QED) is 0.492. The van der Waals surface area contributed by atoms with Gasteiger partial charge in [-0.15, -0.1) is 0 Å².